The third-order valence-corrected chi connectivity index (χ3v) is 4.28. The Kier molecular flexibility index (Phi) is 4.47. The van der Waals surface area contributed by atoms with Gasteiger partial charge >= 0.3 is 0 Å². The zero-order valence-corrected chi connectivity index (χ0v) is 13.9. The van der Waals surface area contributed by atoms with Crippen LogP contribution in [0.15, 0.2) is 24.7 Å². The molecule has 0 radical (unpaired) electrons. The second-order valence-electron chi connectivity index (χ2n) is 5.97. The Labute approximate surface area is 140 Å². The summed E-state index contributed by atoms with van der Waals surface area (Å²) >= 11 is 0. The third kappa shape index (κ3) is 3.23. The van der Waals surface area contributed by atoms with Crippen LogP contribution in [0.2, 0.25) is 0 Å². The number of nitrogens with zero attached hydrogens (tertiary/aromatic N) is 5. The summed E-state index contributed by atoms with van der Waals surface area (Å²) in [7, 11) is 0. The SMILES string of the molecule is CCn1cc(-c2cnc(C(=O)N[C@@H]3CCN(C#N)C3)cc2C)cn1. The van der Waals surface area contributed by atoms with Crippen LogP contribution in [0.1, 0.15) is 29.4 Å². The first-order valence-electron chi connectivity index (χ1n) is 8.05. The van der Waals surface area contributed by atoms with Crippen LogP contribution in [0, 0.1) is 18.4 Å². The Morgan fingerprint density at radius 3 is 2.96 bits per heavy atom. The normalized spacial score (nSPS) is 16.9. The lowest BCUT2D eigenvalue weighted by atomic mass is 10.1. The van der Waals surface area contributed by atoms with Gasteiger partial charge in [-0.05, 0) is 31.9 Å². The van der Waals surface area contributed by atoms with Gasteiger partial charge in [0.25, 0.3) is 5.91 Å². The van der Waals surface area contributed by atoms with E-state index < -0.39 is 0 Å². The lowest BCUT2D eigenvalue weighted by Crippen LogP contribution is -2.36. The molecule has 2 aromatic heterocycles. The molecule has 0 aliphatic carbocycles. The summed E-state index contributed by atoms with van der Waals surface area (Å²) < 4.78 is 1.86. The lowest BCUT2D eigenvalue weighted by molar-refractivity contribution is 0.0933. The Balaban J connectivity index is 1.72. The van der Waals surface area contributed by atoms with Crippen LogP contribution in [0.5, 0.6) is 0 Å². The van der Waals surface area contributed by atoms with Crippen molar-refractivity contribution in [3.8, 4) is 17.3 Å². The van der Waals surface area contributed by atoms with E-state index in [0.717, 1.165) is 29.7 Å². The number of aryl methyl sites for hydroxylation is 2. The minimum Gasteiger partial charge on any atom is -0.346 e. The summed E-state index contributed by atoms with van der Waals surface area (Å²) in [5, 5.41) is 16.1. The van der Waals surface area contributed by atoms with Crippen LogP contribution in [0.3, 0.4) is 0 Å². The fraction of sp³-hybridized carbons (Fsp3) is 0.412. The highest BCUT2D eigenvalue weighted by molar-refractivity contribution is 5.93. The molecule has 1 saturated heterocycles. The van der Waals surface area contributed by atoms with Gasteiger partial charge < -0.3 is 10.2 Å². The Bertz CT molecular complexity index is 791. The molecule has 7 nitrogen and oxygen atoms in total. The minimum atomic E-state index is -0.196. The molecular weight excluding hydrogens is 304 g/mol. The number of nitriles is 1. The summed E-state index contributed by atoms with van der Waals surface area (Å²) in [6, 6.07) is 1.80. The molecule has 1 atom stereocenters. The van der Waals surface area contributed by atoms with Crippen LogP contribution in [0.4, 0.5) is 0 Å². The maximum absolute atomic E-state index is 12.4. The predicted molar refractivity (Wildman–Crippen MR) is 88.9 cm³/mol. The minimum absolute atomic E-state index is 0.00159. The van der Waals surface area contributed by atoms with Crippen molar-refractivity contribution in [2.24, 2.45) is 0 Å². The fourth-order valence-electron chi connectivity index (χ4n) is 2.89. The van der Waals surface area contributed by atoms with Crippen molar-refractivity contribution in [3.63, 3.8) is 0 Å². The summed E-state index contributed by atoms with van der Waals surface area (Å²) in [4.78, 5) is 18.3. The number of likely N-dealkylation sites (tertiary alicyclic amines) is 1. The van der Waals surface area contributed by atoms with Crippen LogP contribution in [-0.4, -0.2) is 44.7 Å². The number of carbonyl (C=O) groups excluding carboxylic acids is 1. The largest absolute Gasteiger partial charge is 0.346 e. The van der Waals surface area contributed by atoms with E-state index in [1.165, 1.54) is 0 Å². The van der Waals surface area contributed by atoms with Gasteiger partial charge in [0.1, 0.15) is 5.69 Å². The van der Waals surface area contributed by atoms with Crippen molar-refractivity contribution < 1.29 is 4.79 Å². The van der Waals surface area contributed by atoms with E-state index in [9.17, 15) is 4.79 Å². The van der Waals surface area contributed by atoms with E-state index in [4.69, 9.17) is 5.26 Å². The molecule has 0 spiro atoms. The lowest BCUT2D eigenvalue weighted by Gasteiger charge is -2.12. The highest BCUT2D eigenvalue weighted by Crippen LogP contribution is 2.22. The van der Waals surface area contributed by atoms with Gasteiger partial charge in [-0.2, -0.15) is 10.4 Å². The molecule has 1 N–H and O–H groups in total. The van der Waals surface area contributed by atoms with Crippen molar-refractivity contribution >= 4 is 5.91 Å². The molecule has 124 valence electrons. The van der Waals surface area contributed by atoms with Crippen molar-refractivity contribution in [1.29, 1.82) is 5.26 Å². The zero-order valence-electron chi connectivity index (χ0n) is 13.9. The standard InChI is InChI=1S/C17H20N6O/c1-3-23-9-13(7-20-23)15-8-19-16(6-12(15)2)17(24)21-14-4-5-22(10-14)11-18/h6-9,14H,3-5,10H2,1-2H3,(H,21,24)/t14-/m1/s1. The van der Waals surface area contributed by atoms with Crippen LogP contribution < -0.4 is 5.32 Å². The summed E-state index contributed by atoms with van der Waals surface area (Å²) in [5.41, 5.74) is 3.35. The maximum Gasteiger partial charge on any atom is 0.270 e. The van der Waals surface area contributed by atoms with Crippen LogP contribution in [0.25, 0.3) is 11.1 Å². The average Bonchev–Trinajstić information content (AvgIpc) is 3.23. The van der Waals surface area contributed by atoms with E-state index in [1.807, 2.05) is 30.9 Å². The summed E-state index contributed by atoms with van der Waals surface area (Å²) in [6.07, 6.45) is 8.39. The molecule has 0 bridgehead atoms. The Hall–Kier alpha value is -2.88. The molecule has 2 aromatic rings. The molecule has 0 aromatic carbocycles. The van der Waals surface area contributed by atoms with Crippen LogP contribution >= 0.6 is 0 Å². The number of rotatable bonds is 4. The molecule has 3 rings (SSSR count). The van der Waals surface area contributed by atoms with Gasteiger partial charge in [-0.15, -0.1) is 0 Å². The number of pyridine rings is 1. The summed E-state index contributed by atoms with van der Waals surface area (Å²) in [6.45, 7) is 6.06. The number of hydrogen-bond donors (Lipinski definition) is 1. The van der Waals surface area contributed by atoms with Crippen molar-refractivity contribution in [3.05, 3.63) is 35.9 Å². The molecule has 0 saturated carbocycles. The molecule has 1 aliphatic heterocycles. The molecule has 0 unspecified atom stereocenters. The highest BCUT2D eigenvalue weighted by Gasteiger charge is 2.24. The molecule has 1 aliphatic rings. The molecule has 24 heavy (non-hydrogen) atoms. The summed E-state index contributed by atoms with van der Waals surface area (Å²) in [5.74, 6) is -0.196. The second-order valence-corrected chi connectivity index (χ2v) is 5.97. The number of amides is 1. The van der Waals surface area contributed by atoms with Crippen LogP contribution in [-0.2, 0) is 6.54 Å². The zero-order chi connectivity index (χ0) is 17.1. The number of aromatic nitrogens is 3. The van der Waals surface area contributed by atoms with Gasteiger partial charge in [0.2, 0.25) is 0 Å². The first-order chi connectivity index (χ1) is 11.6. The molecule has 1 amide bonds. The number of carbonyl (C=O) groups is 1. The Morgan fingerprint density at radius 1 is 1.50 bits per heavy atom. The third-order valence-electron chi connectivity index (χ3n) is 4.28. The van der Waals surface area contributed by atoms with Gasteiger partial charge in [-0.1, -0.05) is 0 Å². The Morgan fingerprint density at radius 2 is 2.33 bits per heavy atom. The maximum atomic E-state index is 12.4. The van der Waals surface area contributed by atoms with E-state index in [0.29, 0.717) is 18.8 Å². The van der Waals surface area contributed by atoms with E-state index in [-0.39, 0.29) is 11.9 Å². The fourth-order valence-corrected chi connectivity index (χ4v) is 2.89. The van der Waals surface area contributed by atoms with Gasteiger partial charge in [-0.25, -0.2) is 0 Å². The van der Waals surface area contributed by atoms with Gasteiger partial charge in [0.15, 0.2) is 6.19 Å². The second kappa shape index (κ2) is 6.71. The first kappa shape index (κ1) is 16.0. The van der Waals surface area contributed by atoms with Crippen molar-refractivity contribution in [1.82, 2.24) is 25.0 Å². The first-order valence-corrected chi connectivity index (χ1v) is 8.05. The molecule has 7 heteroatoms. The van der Waals surface area contributed by atoms with Crippen molar-refractivity contribution in [2.75, 3.05) is 13.1 Å². The van der Waals surface area contributed by atoms with Gasteiger partial charge in [0.05, 0.1) is 6.20 Å². The number of hydrogen-bond acceptors (Lipinski definition) is 5. The molecular formula is C17H20N6O. The number of nitrogens with one attached hydrogen (secondary N) is 1. The van der Waals surface area contributed by atoms with Gasteiger partial charge in [-0.3, -0.25) is 14.5 Å². The topological polar surface area (TPSA) is 86.8 Å². The monoisotopic (exact) mass is 324 g/mol. The van der Waals surface area contributed by atoms with Gasteiger partial charge in [0, 0.05) is 49.2 Å². The van der Waals surface area contributed by atoms with E-state index in [2.05, 4.69) is 21.6 Å². The quantitative estimate of drug-likeness (QED) is 0.863. The smallest absolute Gasteiger partial charge is 0.270 e. The molecule has 3 heterocycles. The van der Waals surface area contributed by atoms with Crippen molar-refractivity contribution in [2.45, 2.75) is 32.9 Å². The average molecular weight is 324 g/mol. The van der Waals surface area contributed by atoms with E-state index in [1.54, 1.807) is 17.2 Å². The van der Waals surface area contributed by atoms with E-state index >= 15 is 0 Å². The highest BCUT2D eigenvalue weighted by atomic mass is 16.1. The molecule has 1 fully saturated rings. The predicted octanol–water partition coefficient (Wildman–Crippen LogP) is 1.56.